The molecule has 0 amide bonds. The second-order valence-electron chi connectivity index (χ2n) is 4.47. The molecule has 1 aliphatic heterocycles. The molecule has 0 aromatic heterocycles. The minimum atomic E-state index is -1.29. The van der Waals surface area contributed by atoms with Gasteiger partial charge in [0.25, 0.3) is 0 Å². The fraction of sp³-hybridized carbons (Fsp3) is 0.615. The summed E-state index contributed by atoms with van der Waals surface area (Å²) in [4.78, 5) is 33.8. The van der Waals surface area contributed by atoms with Crippen molar-refractivity contribution in [3.05, 3.63) is 12.7 Å². The van der Waals surface area contributed by atoms with Gasteiger partial charge >= 0.3 is 17.9 Å². The molecule has 20 heavy (non-hydrogen) atoms. The molecule has 1 atom stereocenters. The summed E-state index contributed by atoms with van der Waals surface area (Å²) in [6.45, 7) is 4.26. The van der Waals surface area contributed by atoms with Crippen LogP contribution in [0.2, 0.25) is 0 Å². The molecule has 1 heterocycles. The number of carbonyl (C=O) groups is 3. The Balaban J connectivity index is 2.47. The highest BCUT2D eigenvalue weighted by Gasteiger charge is 2.44. The summed E-state index contributed by atoms with van der Waals surface area (Å²) in [6, 6.07) is 0. The van der Waals surface area contributed by atoms with Gasteiger partial charge in [0.1, 0.15) is 0 Å². The summed E-state index contributed by atoms with van der Waals surface area (Å²) in [5, 5.41) is 11.4. The maximum atomic E-state index is 12.0. The predicted molar refractivity (Wildman–Crippen MR) is 68.7 cm³/mol. The van der Waals surface area contributed by atoms with E-state index in [0.717, 1.165) is 6.42 Å². The highest BCUT2D eigenvalue weighted by molar-refractivity contribution is 5.90. The van der Waals surface area contributed by atoms with Gasteiger partial charge in [-0.15, -0.1) is 6.58 Å². The Hall–Kier alpha value is -1.73. The Bertz CT molecular complexity index is 386. The Morgan fingerprint density at radius 1 is 1.35 bits per heavy atom. The molecule has 112 valence electrons. The number of carbonyl (C=O) groups excluding carboxylic acids is 2. The van der Waals surface area contributed by atoms with Crippen LogP contribution in [0.25, 0.3) is 0 Å². The Labute approximate surface area is 116 Å². The van der Waals surface area contributed by atoms with E-state index in [1.807, 2.05) is 0 Å². The van der Waals surface area contributed by atoms with Crippen LogP contribution in [0.4, 0.5) is 0 Å². The van der Waals surface area contributed by atoms with Gasteiger partial charge < -0.3 is 14.6 Å². The lowest BCUT2D eigenvalue weighted by atomic mass is 10.1. The molecule has 0 aromatic carbocycles. The summed E-state index contributed by atoms with van der Waals surface area (Å²) in [7, 11) is 0. The SMILES string of the molecule is C=CCO[C@@]1(C(=O)OC(=O)CCCC(=O)O)CCCN1. The number of rotatable bonds is 8. The fourth-order valence-electron chi connectivity index (χ4n) is 1.89. The lowest BCUT2D eigenvalue weighted by molar-refractivity contribution is -0.180. The Morgan fingerprint density at radius 3 is 2.65 bits per heavy atom. The highest BCUT2D eigenvalue weighted by atomic mass is 16.6. The number of esters is 2. The number of carboxylic acids is 1. The van der Waals surface area contributed by atoms with E-state index in [4.69, 9.17) is 14.6 Å². The molecule has 1 rings (SSSR count). The van der Waals surface area contributed by atoms with Gasteiger partial charge in [-0.1, -0.05) is 6.08 Å². The molecule has 0 aromatic rings. The maximum absolute atomic E-state index is 12.0. The number of hydrogen-bond donors (Lipinski definition) is 2. The van der Waals surface area contributed by atoms with Crippen molar-refractivity contribution >= 4 is 17.9 Å². The molecular formula is C13H19NO6. The van der Waals surface area contributed by atoms with Crippen LogP contribution in [0.3, 0.4) is 0 Å². The van der Waals surface area contributed by atoms with Crippen LogP contribution in [0.15, 0.2) is 12.7 Å². The van der Waals surface area contributed by atoms with Crippen LogP contribution >= 0.6 is 0 Å². The number of aliphatic carboxylic acids is 1. The molecule has 7 heteroatoms. The zero-order chi connectivity index (χ0) is 15.0. The van der Waals surface area contributed by atoms with Gasteiger partial charge in [0, 0.05) is 19.3 Å². The first-order valence-corrected chi connectivity index (χ1v) is 6.47. The molecule has 0 spiro atoms. The van der Waals surface area contributed by atoms with Crippen molar-refractivity contribution in [1.82, 2.24) is 5.32 Å². The van der Waals surface area contributed by atoms with Gasteiger partial charge in [0.05, 0.1) is 6.61 Å². The highest BCUT2D eigenvalue weighted by Crippen LogP contribution is 2.23. The van der Waals surface area contributed by atoms with E-state index in [9.17, 15) is 14.4 Å². The van der Waals surface area contributed by atoms with E-state index >= 15 is 0 Å². The summed E-state index contributed by atoms with van der Waals surface area (Å²) in [6.07, 6.45) is 2.54. The molecule has 0 saturated carbocycles. The van der Waals surface area contributed by atoms with E-state index in [0.29, 0.717) is 13.0 Å². The third-order valence-corrected chi connectivity index (χ3v) is 2.87. The van der Waals surface area contributed by atoms with Crippen LogP contribution in [0.5, 0.6) is 0 Å². The monoisotopic (exact) mass is 285 g/mol. The van der Waals surface area contributed by atoms with E-state index in [-0.39, 0.29) is 25.9 Å². The van der Waals surface area contributed by atoms with Gasteiger partial charge in [-0.2, -0.15) is 0 Å². The third-order valence-electron chi connectivity index (χ3n) is 2.87. The maximum Gasteiger partial charge on any atom is 0.361 e. The number of carboxylic acid groups (broad SMARTS) is 1. The predicted octanol–water partition coefficient (Wildman–Crippen LogP) is 0.593. The van der Waals surface area contributed by atoms with Gasteiger partial charge in [0.15, 0.2) is 0 Å². The van der Waals surface area contributed by atoms with Crippen molar-refractivity contribution in [1.29, 1.82) is 0 Å². The molecule has 1 saturated heterocycles. The smallest absolute Gasteiger partial charge is 0.361 e. The van der Waals surface area contributed by atoms with Crippen LogP contribution in [-0.2, 0) is 23.9 Å². The summed E-state index contributed by atoms with van der Waals surface area (Å²) in [5.74, 6) is -2.52. The molecule has 1 fully saturated rings. The number of nitrogens with one attached hydrogen (secondary N) is 1. The molecule has 7 nitrogen and oxygen atoms in total. The van der Waals surface area contributed by atoms with Crippen LogP contribution < -0.4 is 5.32 Å². The van der Waals surface area contributed by atoms with Gasteiger partial charge in [-0.05, 0) is 19.4 Å². The average Bonchev–Trinajstić information content (AvgIpc) is 2.85. The zero-order valence-electron chi connectivity index (χ0n) is 11.2. The molecule has 0 bridgehead atoms. The Morgan fingerprint density at radius 2 is 2.10 bits per heavy atom. The Kier molecular flexibility index (Phi) is 6.33. The average molecular weight is 285 g/mol. The van der Waals surface area contributed by atoms with Crippen molar-refractivity contribution in [2.75, 3.05) is 13.2 Å². The standard InChI is InChI=1S/C13H19NO6/c1-2-9-19-13(7-4-8-14-13)12(18)20-11(17)6-3-5-10(15)16/h2,14H,1,3-9H2,(H,15,16)/t13-/m1/s1. The molecule has 2 N–H and O–H groups in total. The quantitative estimate of drug-likeness (QED) is 0.382. The zero-order valence-corrected chi connectivity index (χ0v) is 11.2. The first-order chi connectivity index (χ1) is 9.50. The van der Waals surface area contributed by atoms with E-state index in [1.54, 1.807) is 0 Å². The van der Waals surface area contributed by atoms with Crippen molar-refractivity contribution in [2.45, 2.75) is 37.8 Å². The lowest BCUT2D eigenvalue weighted by Crippen LogP contribution is -2.51. The first-order valence-electron chi connectivity index (χ1n) is 6.47. The lowest BCUT2D eigenvalue weighted by Gasteiger charge is -2.26. The number of hydrogen-bond acceptors (Lipinski definition) is 6. The van der Waals surface area contributed by atoms with Crippen LogP contribution in [0.1, 0.15) is 32.1 Å². The molecule has 0 aliphatic carbocycles. The minimum Gasteiger partial charge on any atom is -0.481 e. The largest absolute Gasteiger partial charge is 0.481 e. The van der Waals surface area contributed by atoms with Gasteiger partial charge in [0.2, 0.25) is 5.72 Å². The molecular weight excluding hydrogens is 266 g/mol. The minimum absolute atomic E-state index is 0.115. The molecule has 0 unspecified atom stereocenters. The summed E-state index contributed by atoms with van der Waals surface area (Å²) < 4.78 is 10.1. The van der Waals surface area contributed by atoms with Gasteiger partial charge in [-0.3, -0.25) is 14.9 Å². The van der Waals surface area contributed by atoms with Crippen LogP contribution in [0, 0.1) is 0 Å². The van der Waals surface area contributed by atoms with Gasteiger partial charge in [-0.25, -0.2) is 4.79 Å². The summed E-state index contributed by atoms with van der Waals surface area (Å²) in [5.41, 5.74) is -1.29. The fourth-order valence-corrected chi connectivity index (χ4v) is 1.89. The topological polar surface area (TPSA) is 102 Å². The first kappa shape index (κ1) is 16.3. The van der Waals surface area contributed by atoms with Crippen molar-refractivity contribution in [3.8, 4) is 0 Å². The summed E-state index contributed by atoms with van der Waals surface area (Å²) >= 11 is 0. The second-order valence-corrected chi connectivity index (χ2v) is 4.47. The molecule has 0 radical (unpaired) electrons. The van der Waals surface area contributed by atoms with E-state index in [1.165, 1.54) is 6.08 Å². The van der Waals surface area contributed by atoms with E-state index < -0.39 is 23.6 Å². The van der Waals surface area contributed by atoms with Crippen LogP contribution in [-0.4, -0.2) is 41.9 Å². The number of ether oxygens (including phenoxy) is 2. The molecule has 1 aliphatic rings. The van der Waals surface area contributed by atoms with E-state index in [2.05, 4.69) is 11.9 Å². The van der Waals surface area contributed by atoms with Crippen molar-refractivity contribution < 1.29 is 29.0 Å². The second kappa shape index (κ2) is 7.76. The third kappa shape index (κ3) is 4.75. The van der Waals surface area contributed by atoms with Crippen molar-refractivity contribution in [3.63, 3.8) is 0 Å². The normalized spacial score (nSPS) is 21.4. The van der Waals surface area contributed by atoms with Crippen molar-refractivity contribution in [2.24, 2.45) is 0 Å².